The summed E-state index contributed by atoms with van der Waals surface area (Å²) in [6.07, 6.45) is 4.71. The smallest absolute Gasteiger partial charge is 0.185 e. The predicted octanol–water partition coefficient (Wildman–Crippen LogP) is 3.27. The first-order valence-electron chi connectivity index (χ1n) is 7.01. The van der Waals surface area contributed by atoms with Crippen LogP contribution in [-0.4, -0.2) is 23.6 Å². The van der Waals surface area contributed by atoms with Crippen molar-refractivity contribution < 1.29 is 0 Å². The Morgan fingerprint density at radius 1 is 1.39 bits per heavy atom. The van der Waals surface area contributed by atoms with Crippen LogP contribution in [0.3, 0.4) is 0 Å². The number of hydrogen-bond donors (Lipinski definition) is 1. The van der Waals surface area contributed by atoms with E-state index in [9.17, 15) is 0 Å². The highest BCUT2D eigenvalue weighted by Crippen LogP contribution is 2.34. The molecule has 102 valence electrons. The molecule has 0 saturated heterocycles. The molecule has 1 aliphatic carbocycles. The zero-order chi connectivity index (χ0) is 13.1. The van der Waals surface area contributed by atoms with Crippen LogP contribution < -0.4 is 10.2 Å². The first kappa shape index (κ1) is 13.8. The number of nitrogens with one attached hydrogen (secondary N) is 1. The van der Waals surface area contributed by atoms with E-state index in [-0.39, 0.29) is 0 Å². The molecule has 0 aromatic carbocycles. The van der Waals surface area contributed by atoms with Crippen LogP contribution in [0.1, 0.15) is 45.4 Å². The van der Waals surface area contributed by atoms with Gasteiger partial charge in [-0.25, -0.2) is 4.98 Å². The number of anilines is 1. The van der Waals surface area contributed by atoms with E-state index >= 15 is 0 Å². The van der Waals surface area contributed by atoms with Gasteiger partial charge in [-0.2, -0.15) is 0 Å². The van der Waals surface area contributed by atoms with E-state index < -0.39 is 0 Å². The van der Waals surface area contributed by atoms with Crippen LogP contribution in [0.2, 0.25) is 0 Å². The minimum Gasteiger partial charge on any atom is -0.345 e. The lowest BCUT2D eigenvalue weighted by atomic mass is 10.2. The molecule has 1 fully saturated rings. The summed E-state index contributed by atoms with van der Waals surface area (Å²) in [4.78, 5) is 8.46. The quantitative estimate of drug-likeness (QED) is 0.822. The molecular formula is C14H25N3S. The van der Waals surface area contributed by atoms with Gasteiger partial charge in [0.15, 0.2) is 5.13 Å². The Bertz CT molecular complexity index is 369. The third kappa shape index (κ3) is 3.95. The Kier molecular flexibility index (Phi) is 4.62. The Morgan fingerprint density at radius 3 is 2.67 bits per heavy atom. The summed E-state index contributed by atoms with van der Waals surface area (Å²) < 4.78 is 0. The van der Waals surface area contributed by atoms with Gasteiger partial charge in [-0.05, 0) is 18.8 Å². The maximum atomic E-state index is 4.61. The molecule has 0 bridgehead atoms. The molecule has 18 heavy (non-hydrogen) atoms. The molecule has 1 N–H and O–H groups in total. The molecule has 2 rings (SSSR count). The molecule has 4 heteroatoms. The van der Waals surface area contributed by atoms with Gasteiger partial charge in [-0.15, -0.1) is 11.3 Å². The van der Waals surface area contributed by atoms with E-state index in [1.807, 2.05) is 17.5 Å². The summed E-state index contributed by atoms with van der Waals surface area (Å²) >= 11 is 1.85. The standard InChI is InChI=1S/C14H25N3S/c1-10(2)9-17(12-5-6-12)14-16-8-13(18-14)7-15-11(3)4/h8,10-12,15H,5-7,9H2,1-4H3. The van der Waals surface area contributed by atoms with Gasteiger partial charge in [0.1, 0.15) is 0 Å². The highest BCUT2D eigenvalue weighted by Gasteiger charge is 2.31. The van der Waals surface area contributed by atoms with Crippen LogP contribution in [0, 0.1) is 5.92 Å². The Labute approximate surface area is 115 Å². The molecule has 0 spiro atoms. The Morgan fingerprint density at radius 2 is 2.11 bits per heavy atom. The maximum absolute atomic E-state index is 4.61. The molecule has 1 aromatic heterocycles. The predicted molar refractivity (Wildman–Crippen MR) is 79.3 cm³/mol. The summed E-state index contributed by atoms with van der Waals surface area (Å²) in [6, 6.07) is 1.29. The number of rotatable bonds is 7. The van der Waals surface area contributed by atoms with Crippen molar-refractivity contribution in [3.05, 3.63) is 11.1 Å². The minimum absolute atomic E-state index is 0.533. The summed E-state index contributed by atoms with van der Waals surface area (Å²) in [5.41, 5.74) is 0. The summed E-state index contributed by atoms with van der Waals surface area (Å²) in [6.45, 7) is 11.0. The van der Waals surface area contributed by atoms with Crippen LogP contribution in [0.25, 0.3) is 0 Å². The fourth-order valence-electron chi connectivity index (χ4n) is 1.98. The Balaban J connectivity index is 1.97. The number of hydrogen-bond acceptors (Lipinski definition) is 4. The monoisotopic (exact) mass is 267 g/mol. The van der Waals surface area contributed by atoms with E-state index in [4.69, 9.17) is 0 Å². The van der Waals surface area contributed by atoms with E-state index in [1.54, 1.807) is 0 Å². The van der Waals surface area contributed by atoms with Gasteiger partial charge in [0.2, 0.25) is 0 Å². The zero-order valence-electron chi connectivity index (χ0n) is 11.9. The van der Waals surface area contributed by atoms with E-state index in [0.29, 0.717) is 12.0 Å². The average molecular weight is 267 g/mol. The van der Waals surface area contributed by atoms with Gasteiger partial charge in [0, 0.05) is 36.2 Å². The van der Waals surface area contributed by atoms with Crippen molar-refractivity contribution in [3.63, 3.8) is 0 Å². The van der Waals surface area contributed by atoms with Gasteiger partial charge in [0.05, 0.1) is 0 Å². The summed E-state index contributed by atoms with van der Waals surface area (Å²) in [7, 11) is 0. The second-order valence-electron chi connectivity index (χ2n) is 5.92. The van der Waals surface area contributed by atoms with Crippen LogP contribution in [-0.2, 0) is 6.54 Å². The highest BCUT2D eigenvalue weighted by atomic mass is 32.1. The summed E-state index contributed by atoms with van der Waals surface area (Å²) in [5.74, 6) is 0.701. The molecule has 0 atom stereocenters. The van der Waals surface area contributed by atoms with Crippen LogP contribution in [0.5, 0.6) is 0 Å². The van der Waals surface area contributed by atoms with E-state index in [2.05, 4.69) is 42.9 Å². The molecule has 1 saturated carbocycles. The van der Waals surface area contributed by atoms with E-state index in [1.165, 1.54) is 22.9 Å². The second-order valence-corrected chi connectivity index (χ2v) is 7.02. The average Bonchev–Trinajstić information content (AvgIpc) is 3.02. The van der Waals surface area contributed by atoms with Gasteiger partial charge in [-0.1, -0.05) is 27.7 Å². The lowest BCUT2D eigenvalue weighted by Crippen LogP contribution is -2.29. The lowest BCUT2D eigenvalue weighted by Gasteiger charge is -2.23. The normalized spacial score (nSPS) is 15.7. The molecule has 1 aliphatic rings. The van der Waals surface area contributed by atoms with Crippen molar-refractivity contribution in [2.75, 3.05) is 11.4 Å². The molecule has 0 radical (unpaired) electrons. The molecule has 0 unspecified atom stereocenters. The topological polar surface area (TPSA) is 28.2 Å². The Hall–Kier alpha value is -0.610. The van der Waals surface area contributed by atoms with Gasteiger partial charge in [-0.3, -0.25) is 0 Å². The van der Waals surface area contributed by atoms with Gasteiger partial charge >= 0.3 is 0 Å². The van der Waals surface area contributed by atoms with Crippen molar-refractivity contribution in [3.8, 4) is 0 Å². The minimum atomic E-state index is 0.533. The van der Waals surface area contributed by atoms with Crippen molar-refractivity contribution >= 4 is 16.5 Å². The number of thiazole rings is 1. The molecule has 1 heterocycles. The van der Waals surface area contributed by atoms with Crippen molar-refractivity contribution in [2.24, 2.45) is 5.92 Å². The summed E-state index contributed by atoms with van der Waals surface area (Å²) in [5, 5.41) is 4.67. The zero-order valence-corrected chi connectivity index (χ0v) is 12.8. The largest absolute Gasteiger partial charge is 0.345 e. The van der Waals surface area contributed by atoms with Crippen molar-refractivity contribution in [1.82, 2.24) is 10.3 Å². The number of nitrogens with zero attached hydrogens (tertiary/aromatic N) is 2. The molecule has 0 aliphatic heterocycles. The highest BCUT2D eigenvalue weighted by molar-refractivity contribution is 7.15. The van der Waals surface area contributed by atoms with Crippen LogP contribution in [0.15, 0.2) is 6.20 Å². The van der Waals surface area contributed by atoms with Gasteiger partial charge < -0.3 is 10.2 Å². The van der Waals surface area contributed by atoms with Crippen molar-refractivity contribution in [1.29, 1.82) is 0 Å². The third-order valence-corrected chi connectivity index (χ3v) is 4.06. The van der Waals surface area contributed by atoms with Crippen LogP contribution in [0.4, 0.5) is 5.13 Å². The number of aromatic nitrogens is 1. The maximum Gasteiger partial charge on any atom is 0.185 e. The van der Waals surface area contributed by atoms with Crippen molar-refractivity contribution in [2.45, 2.75) is 59.2 Å². The molecular weight excluding hydrogens is 242 g/mol. The van der Waals surface area contributed by atoms with Crippen LogP contribution >= 0.6 is 11.3 Å². The molecule has 0 amide bonds. The lowest BCUT2D eigenvalue weighted by molar-refractivity contribution is 0.593. The van der Waals surface area contributed by atoms with Gasteiger partial charge in [0.25, 0.3) is 0 Å². The third-order valence-electron chi connectivity index (χ3n) is 3.02. The first-order valence-corrected chi connectivity index (χ1v) is 7.82. The molecule has 1 aromatic rings. The SMILES string of the molecule is CC(C)CN(c1ncc(CNC(C)C)s1)C1CC1. The second kappa shape index (κ2) is 6.02. The first-order chi connectivity index (χ1) is 8.56. The fourth-order valence-corrected chi connectivity index (χ4v) is 2.92. The molecule has 3 nitrogen and oxygen atoms in total. The van der Waals surface area contributed by atoms with E-state index in [0.717, 1.165) is 19.1 Å². The fraction of sp³-hybridized carbons (Fsp3) is 0.786.